The molecule has 0 fully saturated rings. The van der Waals surface area contributed by atoms with Crippen LogP contribution in [0.4, 0.5) is 10.5 Å². The second-order valence-electron chi connectivity index (χ2n) is 9.33. The molecule has 5 rings (SSSR count). The maximum Gasteiger partial charge on any atom is 0.414 e. The summed E-state index contributed by atoms with van der Waals surface area (Å²) < 4.78 is 22.3. The first-order valence-electron chi connectivity index (χ1n) is 12.8. The van der Waals surface area contributed by atoms with Crippen molar-refractivity contribution in [3.63, 3.8) is 0 Å². The Bertz CT molecular complexity index is 1470. The van der Waals surface area contributed by atoms with Gasteiger partial charge in [-0.05, 0) is 52.1 Å². The first kappa shape index (κ1) is 26.6. The van der Waals surface area contributed by atoms with Crippen molar-refractivity contribution in [1.29, 1.82) is 0 Å². The minimum atomic E-state index is -0.558. The van der Waals surface area contributed by atoms with Crippen LogP contribution in [0.2, 0.25) is 0 Å². The fraction of sp³-hybridized carbons (Fsp3) is 0.188. The molecule has 1 aliphatic carbocycles. The van der Waals surface area contributed by atoms with Gasteiger partial charge in [-0.1, -0.05) is 60.7 Å². The van der Waals surface area contributed by atoms with Crippen LogP contribution in [-0.4, -0.2) is 39.4 Å². The van der Waals surface area contributed by atoms with E-state index in [1.54, 1.807) is 44.6 Å². The van der Waals surface area contributed by atoms with Gasteiger partial charge in [-0.2, -0.15) is 0 Å². The van der Waals surface area contributed by atoms with Gasteiger partial charge in [0.25, 0.3) is 5.91 Å². The smallest absolute Gasteiger partial charge is 0.414 e. The van der Waals surface area contributed by atoms with Crippen LogP contribution in [0, 0.1) is 0 Å². The third-order valence-corrected chi connectivity index (χ3v) is 6.88. The number of nitrogens with two attached hydrogens (primary N) is 1. The van der Waals surface area contributed by atoms with Crippen molar-refractivity contribution in [2.45, 2.75) is 12.5 Å². The highest BCUT2D eigenvalue weighted by molar-refractivity contribution is 5.90. The largest absolute Gasteiger partial charge is 0.497 e. The van der Waals surface area contributed by atoms with Gasteiger partial charge in [-0.3, -0.25) is 9.69 Å². The Balaban J connectivity index is 1.41. The molecule has 204 valence electrons. The number of hydrogen-bond donors (Lipinski definition) is 1. The van der Waals surface area contributed by atoms with Crippen LogP contribution < -0.4 is 24.8 Å². The Hall–Kier alpha value is -4.98. The Morgan fingerprint density at radius 3 is 2.02 bits per heavy atom. The van der Waals surface area contributed by atoms with E-state index in [0.717, 1.165) is 27.8 Å². The van der Waals surface area contributed by atoms with Gasteiger partial charge in [0.2, 0.25) is 0 Å². The number of primary amides is 1. The maximum atomic E-state index is 13.7. The van der Waals surface area contributed by atoms with Crippen LogP contribution >= 0.6 is 0 Å². The van der Waals surface area contributed by atoms with Crippen molar-refractivity contribution in [3.05, 3.63) is 108 Å². The lowest BCUT2D eigenvalue weighted by Gasteiger charge is -2.25. The second kappa shape index (κ2) is 11.8. The summed E-state index contributed by atoms with van der Waals surface area (Å²) in [6.45, 7) is 0.172. The topological polar surface area (TPSA) is 100 Å². The van der Waals surface area contributed by atoms with E-state index in [4.69, 9.17) is 24.7 Å². The number of fused-ring (bicyclic) bond motifs is 3. The number of rotatable bonds is 10. The average molecular weight is 539 g/mol. The minimum Gasteiger partial charge on any atom is -0.497 e. The van der Waals surface area contributed by atoms with E-state index < -0.39 is 12.0 Å². The molecule has 2 amide bonds. The van der Waals surface area contributed by atoms with Crippen LogP contribution in [0.25, 0.3) is 11.1 Å². The van der Waals surface area contributed by atoms with Crippen molar-refractivity contribution < 1.29 is 28.5 Å². The molecule has 0 radical (unpaired) electrons. The number of carbonyl (C=O) groups is 2. The molecular formula is C32H30N2O6. The third-order valence-electron chi connectivity index (χ3n) is 6.88. The molecule has 0 spiro atoms. The van der Waals surface area contributed by atoms with Crippen molar-refractivity contribution >= 4 is 17.7 Å². The Morgan fingerprint density at radius 2 is 1.43 bits per heavy atom. The molecule has 8 nitrogen and oxygen atoms in total. The zero-order valence-electron chi connectivity index (χ0n) is 22.3. The molecule has 1 aliphatic rings. The monoisotopic (exact) mass is 538 g/mol. The molecule has 4 aromatic carbocycles. The summed E-state index contributed by atoms with van der Waals surface area (Å²) in [5.74, 6) is 0.935. The van der Waals surface area contributed by atoms with E-state index in [2.05, 4.69) is 24.3 Å². The van der Waals surface area contributed by atoms with Crippen molar-refractivity contribution in [2.75, 3.05) is 32.3 Å². The van der Waals surface area contributed by atoms with Gasteiger partial charge in [-0.25, -0.2) is 4.79 Å². The highest BCUT2D eigenvalue weighted by Gasteiger charge is 2.30. The zero-order valence-corrected chi connectivity index (χ0v) is 22.3. The number of nitrogens with zero attached hydrogens (tertiary/aromatic N) is 1. The lowest BCUT2D eigenvalue weighted by Crippen LogP contribution is -2.32. The van der Waals surface area contributed by atoms with Gasteiger partial charge < -0.3 is 24.7 Å². The lowest BCUT2D eigenvalue weighted by atomic mass is 9.98. The second-order valence-corrected chi connectivity index (χ2v) is 9.33. The predicted molar refractivity (Wildman–Crippen MR) is 152 cm³/mol. The number of ether oxygens (including phenoxy) is 4. The molecule has 2 N–H and O–H groups in total. The maximum absolute atomic E-state index is 13.7. The van der Waals surface area contributed by atoms with Gasteiger partial charge in [0.05, 0.1) is 26.5 Å². The fourth-order valence-electron chi connectivity index (χ4n) is 4.96. The number of amides is 2. The van der Waals surface area contributed by atoms with E-state index in [1.165, 1.54) is 4.90 Å². The number of hydrogen-bond acceptors (Lipinski definition) is 6. The van der Waals surface area contributed by atoms with Crippen LogP contribution in [0.1, 0.15) is 22.6 Å². The van der Waals surface area contributed by atoms with E-state index in [1.807, 2.05) is 36.4 Å². The Morgan fingerprint density at radius 1 is 0.800 bits per heavy atom. The van der Waals surface area contributed by atoms with Gasteiger partial charge in [0, 0.05) is 12.0 Å². The van der Waals surface area contributed by atoms with Gasteiger partial charge in [0.15, 0.2) is 6.61 Å². The lowest BCUT2D eigenvalue weighted by molar-refractivity contribution is -0.119. The summed E-state index contributed by atoms with van der Waals surface area (Å²) in [6, 6.07) is 28.7. The summed E-state index contributed by atoms with van der Waals surface area (Å²) in [5, 5.41) is 0. The standard InChI is InChI=1S/C32H30N2O6/c1-37-23-15-16-29(30(17-23)38-2)34(18-21-11-13-22(14-12-21)39-20-31(33)35)32(36)40-19-28-26-9-5-3-7-24(26)25-8-4-6-10-27(25)28/h3-17,28H,18-20H2,1-2H3,(H2,33,35). The van der Waals surface area contributed by atoms with Crippen LogP contribution in [-0.2, 0) is 16.1 Å². The third kappa shape index (κ3) is 5.56. The van der Waals surface area contributed by atoms with E-state index >= 15 is 0 Å². The van der Waals surface area contributed by atoms with Crippen LogP contribution in [0.15, 0.2) is 91.0 Å². The first-order chi connectivity index (χ1) is 19.5. The number of methoxy groups -OCH3 is 2. The average Bonchev–Trinajstić information content (AvgIpc) is 3.31. The molecule has 4 aromatic rings. The van der Waals surface area contributed by atoms with Crippen molar-refractivity contribution in [1.82, 2.24) is 0 Å². The highest BCUT2D eigenvalue weighted by Crippen LogP contribution is 2.44. The number of benzene rings is 4. The molecular weight excluding hydrogens is 508 g/mol. The van der Waals surface area contributed by atoms with Gasteiger partial charge >= 0.3 is 6.09 Å². The van der Waals surface area contributed by atoms with Gasteiger partial charge in [-0.15, -0.1) is 0 Å². The Kier molecular flexibility index (Phi) is 7.87. The first-order valence-corrected chi connectivity index (χ1v) is 12.8. The van der Waals surface area contributed by atoms with E-state index in [-0.39, 0.29) is 25.7 Å². The van der Waals surface area contributed by atoms with E-state index in [9.17, 15) is 9.59 Å². The molecule has 0 saturated heterocycles. The summed E-state index contributed by atoms with van der Waals surface area (Å²) in [6.07, 6.45) is -0.514. The van der Waals surface area contributed by atoms with Crippen LogP contribution in [0.3, 0.4) is 0 Å². The summed E-state index contributed by atoms with van der Waals surface area (Å²) in [7, 11) is 3.11. The van der Waals surface area contributed by atoms with Crippen LogP contribution in [0.5, 0.6) is 17.2 Å². The molecule has 0 heterocycles. The molecule has 0 saturated carbocycles. The SMILES string of the molecule is COc1ccc(N(Cc2ccc(OCC(N)=O)cc2)C(=O)OCC2c3ccccc3-c3ccccc32)c(OC)c1. The van der Waals surface area contributed by atoms with Crippen molar-refractivity contribution in [3.8, 4) is 28.4 Å². The molecule has 0 bridgehead atoms. The number of carbonyl (C=O) groups excluding carboxylic acids is 2. The van der Waals surface area contributed by atoms with E-state index in [0.29, 0.717) is 22.9 Å². The summed E-state index contributed by atoms with van der Waals surface area (Å²) in [4.78, 5) is 26.3. The summed E-state index contributed by atoms with van der Waals surface area (Å²) in [5.41, 5.74) is 11.1. The Labute approximate surface area is 232 Å². The summed E-state index contributed by atoms with van der Waals surface area (Å²) >= 11 is 0. The fourth-order valence-corrected chi connectivity index (χ4v) is 4.96. The molecule has 0 unspecified atom stereocenters. The molecule has 8 heteroatoms. The predicted octanol–water partition coefficient (Wildman–Crippen LogP) is 5.52. The quantitative estimate of drug-likeness (QED) is 0.285. The number of anilines is 1. The van der Waals surface area contributed by atoms with Gasteiger partial charge in [0.1, 0.15) is 23.9 Å². The molecule has 0 aromatic heterocycles. The highest BCUT2D eigenvalue weighted by atomic mass is 16.6. The normalized spacial score (nSPS) is 11.8. The molecule has 0 aliphatic heterocycles. The van der Waals surface area contributed by atoms with Crippen molar-refractivity contribution in [2.24, 2.45) is 5.73 Å². The molecule has 0 atom stereocenters. The minimum absolute atomic E-state index is 0.0716. The molecule has 40 heavy (non-hydrogen) atoms. The zero-order chi connectivity index (χ0) is 28.1.